The number of nitrogens with one attached hydrogen (secondary N) is 1. The minimum absolute atomic E-state index is 0.0326. The van der Waals surface area contributed by atoms with Crippen molar-refractivity contribution in [1.82, 2.24) is 5.32 Å². The van der Waals surface area contributed by atoms with Crippen LogP contribution in [-0.2, 0) is 52.3 Å². The van der Waals surface area contributed by atoms with Crippen LogP contribution < -0.4 is 5.32 Å². The first-order chi connectivity index (χ1) is 37.9. The normalized spacial score (nSPS) is 18.5. The van der Waals surface area contributed by atoms with E-state index in [-0.39, 0.29) is 44.5 Å². The number of amides is 1. The van der Waals surface area contributed by atoms with Crippen LogP contribution in [0.4, 0.5) is 0 Å². The van der Waals surface area contributed by atoms with Gasteiger partial charge in [-0.2, -0.15) is 0 Å². The molecule has 1 rings (SSSR count). The molecular weight excluding hydrogens is 1030 g/mol. The molecule has 1 unspecified atom stereocenters. The van der Waals surface area contributed by atoms with Gasteiger partial charge < -0.3 is 43.6 Å². The van der Waals surface area contributed by atoms with Crippen LogP contribution in [0.3, 0.4) is 0 Å². The Bertz CT molecular complexity index is 1490. The first-order valence-corrected chi connectivity index (χ1v) is 40.2. The minimum Gasteiger partial charge on any atom is -0.469 e. The van der Waals surface area contributed by atoms with Gasteiger partial charge in [0.25, 0.3) is 0 Å². The van der Waals surface area contributed by atoms with Gasteiger partial charge in [-0.15, -0.1) is 0 Å². The van der Waals surface area contributed by atoms with Crippen molar-refractivity contribution >= 4 is 40.0 Å². The highest BCUT2D eigenvalue weighted by molar-refractivity contribution is 6.76. The molecule has 1 fully saturated rings. The fourth-order valence-corrected chi connectivity index (χ4v) is 11.7. The minimum atomic E-state index is -1.62. The SMILES string of the molecule is CCCCCCCCCCCCCCC(CCCCCCCCCCCC)C(=O)O[C@H]1[C@H](O)[C@@H](COC(=O)CCC(=O)OC)O[C@@H](OCC[Si](C)(C)C)[C@@H]1NC(=O)C[C@@H](CCCCCCCCCCC)OCOCC[Si](C)(C)C. The summed E-state index contributed by atoms with van der Waals surface area (Å²) in [5.41, 5.74) is 0. The van der Waals surface area contributed by atoms with E-state index in [0.29, 0.717) is 32.5 Å². The lowest BCUT2D eigenvalue weighted by molar-refractivity contribution is -0.274. The number of aliphatic hydroxyl groups is 1. The van der Waals surface area contributed by atoms with E-state index < -0.39 is 70.8 Å². The van der Waals surface area contributed by atoms with Crippen LogP contribution in [0.1, 0.15) is 258 Å². The zero-order valence-electron chi connectivity index (χ0n) is 52.9. The lowest BCUT2D eigenvalue weighted by atomic mass is 9.92. The zero-order valence-corrected chi connectivity index (χ0v) is 54.9. The largest absolute Gasteiger partial charge is 0.469 e. The van der Waals surface area contributed by atoms with E-state index in [1.807, 2.05) is 0 Å². The van der Waals surface area contributed by atoms with Gasteiger partial charge in [0.15, 0.2) is 12.4 Å². The average molecular weight is 1160 g/mol. The van der Waals surface area contributed by atoms with Crippen molar-refractivity contribution in [2.45, 2.75) is 346 Å². The molecule has 2 N–H and O–H groups in total. The third-order valence-electron chi connectivity index (χ3n) is 15.6. The van der Waals surface area contributed by atoms with Gasteiger partial charge in [-0.3, -0.25) is 19.2 Å². The molecule has 7 atom stereocenters. The fourth-order valence-electron chi connectivity index (χ4n) is 10.2. The highest BCUT2D eigenvalue weighted by atomic mass is 28.3. The summed E-state index contributed by atoms with van der Waals surface area (Å²) in [6.07, 6.45) is 33.5. The zero-order chi connectivity index (χ0) is 58.4. The van der Waals surface area contributed by atoms with Crippen LogP contribution >= 0.6 is 0 Å². The Labute approximate surface area is 486 Å². The first-order valence-electron chi connectivity index (χ1n) is 32.8. The average Bonchev–Trinajstić information content (AvgIpc) is 3.44. The molecule has 1 aliphatic rings. The summed E-state index contributed by atoms with van der Waals surface area (Å²) >= 11 is 0. The number of aliphatic hydroxyl groups excluding tert-OH is 1. The fraction of sp³-hybridized carbons (Fsp3) is 0.938. The summed E-state index contributed by atoms with van der Waals surface area (Å²) in [7, 11) is -1.68. The maximum absolute atomic E-state index is 14.8. The Balaban J connectivity index is 3.47. The molecule has 1 aliphatic heterocycles. The number of rotatable bonds is 54. The molecule has 0 radical (unpaired) electrons. The van der Waals surface area contributed by atoms with Gasteiger partial charge in [-0.05, 0) is 31.4 Å². The van der Waals surface area contributed by atoms with E-state index in [1.165, 1.54) is 148 Å². The van der Waals surface area contributed by atoms with Gasteiger partial charge >= 0.3 is 17.9 Å². The van der Waals surface area contributed by atoms with Crippen LogP contribution in [0.15, 0.2) is 0 Å². The quantitative estimate of drug-likeness (QED) is 0.0195. The van der Waals surface area contributed by atoms with Crippen molar-refractivity contribution in [2.24, 2.45) is 5.92 Å². The van der Waals surface area contributed by atoms with E-state index in [2.05, 4.69) is 65.4 Å². The Morgan fingerprint density at radius 3 is 1.42 bits per heavy atom. The molecule has 13 nitrogen and oxygen atoms in total. The Morgan fingerprint density at radius 1 is 0.557 bits per heavy atom. The summed E-state index contributed by atoms with van der Waals surface area (Å²) < 4.78 is 42.1. The van der Waals surface area contributed by atoms with Crippen molar-refractivity contribution in [1.29, 1.82) is 0 Å². The van der Waals surface area contributed by atoms with Crippen LogP contribution in [0.2, 0.25) is 51.4 Å². The standard InChI is InChI=1S/C64H125NO12Si2/c1-11-14-17-20-23-26-28-29-32-34-37-40-43-54(42-39-36-33-31-27-24-21-18-15-12-2)63(70)77-62-60(64(73-48-50-79(8,9)10)76-56(61(62)69)52-74-59(68)46-45-58(67)71-4)65-57(66)51-55(75-53-72-47-49-78(5,6)7)44-41-38-35-30-25-22-19-16-13-3/h54-56,60-62,64,69H,11-53H2,1-10H3,(H,65,66)/t54?,55-,56-,60-,61-,62-,64-/m1/s1. The summed E-state index contributed by atoms with van der Waals surface area (Å²) in [5.74, 6) is -2.34. The molecule has 1 amide bonds. The van der Waals surface area contributed by atoms with Gasteiger partial charge in [0.05, 0.1) is 38.4 Å². The van der Waals surface area contributed by atoms with Crippen LogP contribution in [0.5, 0.6) is 0 Å². The van der Waals surface area contributed by atoms with Gasteiger partial charge in [0, 0.05) is 29.4 Å². The Morgan fingerprint density at radius 2 is 0.975 bits per heavy atom. The molecule has 0 aromatic rings. The Hall–Kier alpha value is -1.89. The van der Waals surface area contributed by atoms with E-state index in [0.717, 1.165) is 69.9 Å². The van der Waals surface area contributed by atoms with Crippen molar-refractivity contribution in [3.63, 3.8) is 0 Å². The van der Waals surface area contributed by atoms with Crippen molar-refractivity contribution in [3.8, 4) is 0 Å². The van der Waals surface area contributed by atoms with E-state index in [1.54, 1.807) is 0 Å². The summed E-state index contributed by atoms with van der Waals surface area (Å²) in [4.78, 5) is 54.1. The smallest absolute Gasteiger partial charge is 0.309 e. The van der Waals surface area contributed by atoms with Crippen molar-refractivity contribution in [2.75, 3.05) is 33.7 Å². The number of hydrogen-bond acceptors (Lipinski definition) is 12. The van der Waals surface area contributed by atoms with E-state index in [9.17, 15) is 24.3 Å². The maximum Gasteiger partial charge on any atom is 0.309 e. The second-order valence-electron chi connectivity index (χ2n) is 25.8. The topological polar surface area (TPSA) is 165 Å². The number of carbonyl (C=O) groups is 4. The summed E-state index contributed by atoms with van der Waals surface area (Å²) in [6.45, 7) is 21.1. The molecule has 15 heteroatoms. The molecule has 79 heavy (non-hydrogen) atoms. The van der Waals surface area contributed by atoms with Gasteiger partial charge in [-0.1, -0.05) is 259 Å². The van der Waals surface area contributed by atoms with Crippen LogP contribution in [0, 0.1) is 5.92 Å². The third-order valence-corrected chi connectivity index (χ3v) is 19.0. The monoisotopic (exact) mass is 1160 g/mol. The van der Waals surface area contributed by atoms with E-state index in [4.69, 9.17) is 33.2 Å². The Kier molecular flexibility index (Phi) is 46.1. The third kappa shape index (κ3) is 42.6. The molecule has 1 saturated heterocycles. The second-order valence-corrected chi connectivity index (χ2v) is 37.0. The summed E-state index contributed by atoms with van der Waals surface area (Å²) in [5, 5.41) is 15.4. The van der Waals surface area contributed by atoms with Gasteiger partial charge in [0.2, 0.25) is 5.91 Å². The number of hydrogen-bond donors (Lipinski definition) is 2. The number of ether oxygens (including phenoxy) is 7. The van der Waals surface area contributed by atoms with Gasteiger partial charge in [0.1, 0.15) is 31.6 Å². The molecular formula is C64H125NO12Si2. The first kappa shape index (κ1) is 75.1. The van der Waals surface area contributed by atoms with E-state index >= 15 is 0 Å². The molecule has 0 spiro atoms. The summed E-state index contributed by atoms with van der Waals surface area (Å²) in [6, 6.07) is 0.723. The molecule has 0 saturated carbocycles. The highest BCUT2D eigenvalue weighted by Crippen LogP contribution is 2.30. The van der Waals surface area contributed by atoms with Crippen LogP contribution in [-0.4, -0.2) is 116 Å². The number of esters is 3. The highest BCUT2D eigenvalue weighted by Gasteiger charge is 2.50. The number of methoxy groups -OCH3 is 1. The maximum atomic E-state index is 14.8. The molecule has 466 valence electrons. The molecule has 0 bridgehead atoms. The lowest BCUT2D eigenvalue weighted by Crippen LogP contribution is -2.66. The van der Waals surface area contributed by atoms with Gasteiger partial charge in [-0.25, -0.2) is 0 Å². The van der Waals surface area contributed by atoms with Crippen molar-refractivity contribution in [3.05, 3.63) is 0 Å². The number of unbranched alkanes of at least 4 members (excludes halogenated alkanes) is 28. The predicted octanol–water partition coefficient (Wildman–Crippen LogP) is 16.3. The lowest BCUT2D eigenvalue weighted by Gasteiger charge is -2.44. The molecule has 0 aromatic heterocycles. The van der Waals surface area contributed by atoms with Crippen molar-refractivity contribution < 1.29 is 57.4 Å². The van der Waals surface area contributed by atoms with Crippen LogP contribution in [0.25, 0.3) is 0 Å². The molecule has 1 heterocycles. The number of carbonyl (C=O) groups excluding carboxylic acids is 4. The molecule has 0 aliphatic carbocycles. The second kappa shape index (κ2) is 48.5. The predicted molar refractivity (Wildman–Crippen MR) is 329 cm³/mol. The molecule has 0 aromatic carbocycles.